The van der Waals surface area contributed by atoms with Crippen LogP contribution in [0.5, 0.6) is 0 Å². The first-order valence-electron chi connectivity index (χ1n) is 14.9. The van der Waals surface area contributed by atoms with Gasteiger partial charge in [0.15, 0.2) is 0 Å². The van der Waals surface area contributed by atoms with Crippen LogP contribution >= 0.6 is 0 Å². The fraction of sp³-hybridized carbons (Fsp3) is 0.630. The number of H-pyrrole nitrogens is 2. The van der Waals surface area contributed by atoms with E-state index in [1.807, 2.05) is 0 Å². The van der Waals surface area contributed by atoms with Crippen molar-refractivity contribution in [2.45, 2.75) is 95.5 Å². The van der Waals surface area contributed by atoms with E-state index in [9.17, 15) is 28.8 Å². The molecule has 0 radical (unpaired) electrons. The van der Waals surface area contributed by atoms with Gasteiger partial charge < -0.3 is 18.9 Å². The molecule has 47 heavy (non-hydrogen) atoms. The summed E-state index contributed by atoms with van der Waals surface area (Å²) in [6.45, 7) is 2.65. The van der Waals surface area contributed by atoms with Crippen LogP contribution in [-0.4, -0.2) is 68.5 Å². The second-order valence-electron chi connectivity index (χ2n) is 11.2. The molecule has 0 saturated carbocycles. The second-order valence-corrected chi connectivity index (χ2v) is 11.2. The largest absolute Gasteiger partial charge is 0.463 e. The zero-order valence-electron chi connectivity index (χ0n) is 25.6. The molecule has 2 aliphatic rings. The van der Waals surface area contributed by atoms with E-state index in [2.05, 4.69) is 30.0 Å². The van der Waals surface area contributed by atoms with E-state index in [1.54, 1.807) is 0 Å². The van der Waals surface area contributed by atoms with Crippen LogP contribution in [0.25, 0.3) is 20.9 Å². The van der Waals surface area contributed by atoms with Gasteiger partial charge in [0.05, 0.1) is 12.1 Å². The topological polar surface area (TPSA) is 278 Å². The molecule has 0 aliphatic carbocycles. The van der Waals surface area contributed by atoms with Crippen LogP contribution in [-0.2, 0) is 28.5 Å². The second kappa shape index (κ2) is 15.9. The monoisotopic (exact) mass is 658 g/mol. The van der Waals surface area contributed by atoms with Gasteiger partial charge >= 0.3 is 23.3 Å². The van der Waals surface area contributed by atoms with E-state index in [0.717, 1.165) is 0 Å². The minimum absolute atomic E-state index is 0.0602. The smallest absolute Gasteiger partial charge is 0.330 e. The summed E-state index contributed by atoms with van der Waals surface area (Å²) in [7, 11) is 0. The Balaban J connectivity index is 1.16. The van der Waals surface area contributed by atoms with E-state index in [1.165, 1.54) is 35.4 Å². The van der Waals surface area contributed by atoms with Crippen molar-refractivity contribution in [3.05, 3.63) is 86.1 Å². The van der Waals surface area contributed by atoms with Crippen molar-refractivity contribution in [2.24, 2.45) is 10.2 Å². The van der Waals surface area contributed by atoms with Crippen molar-refractivity contribution < 1.29 is 28.5 Å². The maximum absolute atomic E-state index is 12.3. The molecule has 2 aromatic rings. The maximum atomic E-state index is 12.3. The molecule has 0 spiro atoms. The zero-order valence-corrected chi connectivity index (χ0v) is 25.6. The molecule has 2 unspecified atom stereocenters. The maximum Gasteiger partial charge on any atom is 0.330 e. The van der Waals surface area contributed by atoms with Crippen molar-refractivity contribution in [3.63, 3.8) is 0 Å². The fourth-order valence-electron chi connectivity index (χ4n) is 5.26. The molecular formula is C27H34N10O10. The Morgan fingerprint density at radius 3 is 1.57 bits per heavy atom. The molecule has 4 rings (SSSR count). The standard InChI is InChI=1S/C27H34N10O10/c1-14-10-36(26(42)30-24(14)40)20-8-16(32-34-28)18(46-20)12-44-22(38)6-4-3-5-7-23(39)45-13-19-17(33-35-29)9-21(47-19)37-11-15(2)25(41)31-27(37)43/h10-11,16-21H,3-9,12-13H2,1-2H3,(H,30,40,42)(H,31,41,43)/t16?,17?,18-,19-,20-,21-/m1/s1. The number of ether oxygens (including phenoxy) is 4. The van der Waals surface area contributed by atoms with Crippen LogP contribution in [0.2, 0.25) is 0 Å². The molecule has 4 heterocycles. The summed E-state index contributed by atoms with van der Waals surface area (Å²) in [5.41, 5.74) is 16.0. The molecular weight excluding hydrogens is 624 g/mol. The van der Waals surface area contributed by atoms with Crippen molar-refractivity contribution in [3.8, 4) is 0 Å². The zero-order chi connectivity index (χ0) is 34.1. The average molecular weight is 659 g/mol. The Bertz CT molecular complexity index is 1670. The number of unbranched alkanes of at least 4 members (excludes halogenated alkanes) is 2. The lowest BCUT2D eigenvalue weighted by molar-refractivity contribution is -0.149. The lowest BCUT2D eigenvalue weighted by Gasteiger charge is -2.17. The number of aromatic nitrogens is 4. The van der Waals surface area contributed by atoms with Crippen LogP contribution in [0.1, 0.15) is 68.5 Å². The predicted octanol–water partition coefficient (Wildman–Crippen LogP) is 1.67. The molecule has 252 valence electrons. The Kier molecular flexibility index (Phi) is 11.7. The summed E-state index contributed by atoms with van der Waals surface area (Å²) in [4.78, 5) is 82.4. The van der Waals surface area contributed by atoms with Crippen molar-refractivity contribution in [1.29, 1.82) is 0 Å². The minimum atomic E-state index is -0.826. The van der Waals surface area contributed by atoms with Crippen LogP contribution < -0.4 is 22.5 Å². The van der Waals surface area contributed by atoms with Crippen LogP contribution in [0.3, 0.4) is 0 Å². The molecule has 2 aromatic heterocycles. The molecule has 2 fully saturated rings. The minimum Gasteiger partial charge on any atom is -0.463 e. The van der Waals surface area contributed by atoms with Gasteiger partial charge in [0, 0.05) is 59.0 Å². The number of azide groups is 2. The molecule has 2 N–H and O–H groups in total. The highest BCUT2D eigenvalue weighted by Gasteiger charge is 2.38. The first kappa shape index (κ1) is 34.7. The average Bonchev–Trinajstić information content (AvgIpc) is 3.62. The van der Waals surface area contributed by atoms with E-state index in [-0.39, 0.29) is 38.9 Å². The molecule has 20 heteroatoms. The van der Waals surface area contributed by atoms with Gasteiger partial charge in [-0.3, -0.25) is 38.3 Å². The van der Waals surface area contributed by atoms with E-state index in [0.29, 0.717) is 30.4 Å². The van der Waals surface area contributed by atoms with Gasteiger partial charge in [-0.05, 0) is 37.8 Å². The van der Waals surface area contributed by atoms with Crippen LogP contribution in [0.15, 0.2) is 41.8 Å². The van der Waals surface area contributed by atoms with Gasteiger partial charge in [0.25, 0.3) is 11.1 Å². The number of aromatic amines is 2. The van der Waals surface area contributed by atoms with Gasteiger partial charge in [-0.1, -0.05) is 16.6 Å². The summed E-state index contributed by atoms with van der Waals surface area (Å²) in [5.74, 6) is -1.05. The summed E-state index contributed by atoms with van der Waals surface area (Å²) in [6, 6.07) is -1.41. The first-order valence-corrected chi connectivity index (χ1v) is 14.9. The Hall–Kier alpha value is -5.16. The SMILES string of the molecule is Cc1cn([C@H]2CC(N=[N+]=[N-])[C@@H](COC(=O)CCCCCC(=O)OC[C@H]3O[C@@H](n4cc(C)c(=O)[nH]c4=O)CC3N=[N+]=[N-])O2)c(=O)[nH]c1=O. The summed E-state index contributed by atoms with van der Waals surface area (Å²) >= 11 is 0. The molecule has 6 atom stereocenters. The van der Waals surface area contributed by atoms with E-state index < -0.39 is 71.2 Å². The molecule has 0 bridgehead atoms. The number of carbonyl (C=O) groups excluding carboxylic acids is 2. The Morgan fingerprint density at radius 1 is 0.787 bits per heavy atom. The molecule has 2 saturated heterocycles. The number of rotatable bonds is 14. The van der Waals surface area contributed by atoms with Crippen molar-refractivity contribution >= 4 is 11.9 Å². The first-order chi connectivity index (χ1) is 22.5. The van der Waals surface area contributed by atoms with Gasteiger partial charge in [-0.2, -0.15) is 0 Å². The van der Waals surface area contributed by atoms with Crippen LogP contribution in [0, 0.1) is 13.8 Å². The van der Waals surface area contributed by atoms with Crippen LogP contribution in [0.4, 0.5) is 0 Å². The summed E-state index contributed by atoms with van der Waals surface area (Å²) < 4.78 is 24.6. The molecule has 2 aliphatic heterocycles. The van der Waals surface area contributed by atoms with E-state index in [4.69, 9.17) is 30.0 Å². The normalized spacial score (nSPS) is 23.4. The number of hydrogen-bond acceptors (Lipinski definition) is 12. The van der Waals surface area contributed by atoms with Gasteiger partial charge in [-0.25, -0.2) is 9.59 Å². The van der Waals surface area contributed by atoms with Gasteiger partial charge in [0.2, 0.25) is 0 Å². The third-order valence-electron chi connectivity index (χ3n) is 7.80. The number of hydrogen-bond donors (Lipinski definition) is 2. The number of nitrogens with zero attached hydrogens (tertiary/aromatic N) is 8. The lowest BCUT2D eigenvalue weighted by Crippen LogP contribution is -2.33. The molecule has 0 amide bonds. The van der Waals surface area contributed by atoms with Crippen molar-refractivity contribution in [2.75, 3.05) is 13.2 Å². The number of aryl methyl sites for hydroxylation is 2. The third kappa shape index (κ3) is 8.98. The summed E-state index contributed by atoms with van der Waals surface area (Å²) in [6.07, 6.45) is 1.21. The lowest BCUT2D eigenvalue weighted by atomic mass is 10.1. The Labute approximate surface area is 264 Å². The van der Waals surface area contributed by atoms with Gasteiger partial charge in [0.1, 0.15) is 37.9 Å². The van der Waals surface area contributed by atoms with Gasteiger partial charge in [-0.15, -0.1) is 0 Å². The highest BCUT2D eigenvalue weighted by Crippen LogP contribution is 2.31. The quantitative estimate of drug-likeness (QED) is 0.0973. The Morgan fingerprint density at radius 2 is 1.19 bits per heavy atom. The highest BCUT2D eigenvalue weighted by atomic mass is 16.6. The third-order valence-corrected chi connectivity index (χ3v) is 7.80. The fourth-order valence-corrected chi connectivity index (χ4v) is 5.26. The van der Waals surface area contributed by atoms with Crippen molar-refractivity contribution in [1.82, 2.24) is 19.1 Å². The predicted molar refractivity (Wildman–Crippen MR) is 160 cm³/mol. The number of nitrogens with one attached hydrogen (secondary N) is 2. The number of esters is 2. The number of carbonyl (C=O) groups is 2. The highest BCUT2D eigenvalue weighted by molar-refractivity contribution is 5.70. The van der Waals surface area contributed by atoms with E-state index >= 15 is 0 Å². The molecule has 20 nitrogen and oxygen atoms in total. The molecule has 0 aromatic carbocycles. The summed E-state index contributed by atoms with van der Waals surface area (Å²) in [5, 5.41) is 7.38.